The largest absolute Gasteiger partial charge is 0.439 e. The average molecular weight is 168 g/mol. The van der Waals surface area contributed by atoms with E-state index < -0.39 is 0 Å². The second kappa shape index (κ2) is 3.32. The van der Waals surface area contributed by atoms with E-state index in [4.69, 9.17) is 9.31 Å². The topological polar surface area (TPSA) is 18.5 Å². The summed E-state index contributed by atoms with van der Waals surface area (Å²) in [6.45, 7) is 8.17. The van der Waals surface area contributed by atoms with Crippen molar-refractivity contribution in [1.29, 1.82) is 0 Å². The third-order valence-electron chi connectivity index (χ3n) is 2.29. The zero-order chi connectivity index (χ0) is 7.12. The Morgan fingerprint density at radius 1 is 0.900 bits per heavy atom. The smallest absolute Gasteiger partial charge is 0.406 e. The maximum atomic E-state index is 5.33. The number of hydrogen-bond acceptors (Lipinski definition) is 2. The molecule has 1 aliphatic rings. The van der Waals surface area contributed by atoms with Gasteiger partial charge >= 0.3 is 7.69 Å². The summed E-state index contributed by atoms with van der Waals surface area (Å²) in [7, 11) is 0.431. The monoisotopic (exact) mass is 168 g/mol. The molecule has 1 rings (SSSR count). The van der Waals surface area contributed by atoms with Gasteiger partial charge in [0.1, 0.15) is 0 Å². The van der Waals surface area contributed by atoms with E-state index in [1.807, 2.05) is 27.7 Å². The SMILES string of the molecule is CC1(C)OBOC1(C)C.[Ar]. The third kappa shape index (κ3) is 1.89. The Labute approximate surface area is 93.0 Å². The molecule has 0 spiro atoms. The zero-order valence-corrected chi connectivity index (χ0v) is 7.58. The molecule has 0 N–H and O–H groups in total. The second-order valence-corrected chi connectivity index (χ2v) is 3.43. The van der Waals surface area contributed by atoms with Gasteiger partial charge in [-0.3, -0.25) is 0 Å². The van der Waals surface area contributed by atoms with Gasteiger partial charge in [-0.25, -0.2) is 0 Å². The van der Waals surface area contributed by atoms with Crippen LogP contribution in [0, 0.1) is 37.7 Å². The Kier molecular flexibility index (Phi) is 3.73. The van der Waals surface area contributed by atoms with E-state index in [0.717, 1.165) is 0 Å². The van der Waals surface area contributed by atoms with Crippen LogP contribution in [0.3, 0.4) is 0 Å². The van der Waals surface area contributed by atoms with Crippen molar-refractivity contribution in [2.45, 2.75) is 38.9 Å². The molecule has 1 fully saturated rings. The first-order chi connectivity index (χ1) is 3.96. The summed E-state index contributed by atoms with van der Waals surface area (Å²) >= 11 is 0. The molecule has 0 unspecified atom stereocenters. The fourth-order valence-corrected chi connectivity index (χ4v) is 0.672. The minimum atomic E-state index is -0.132. The van der Waals surface area contributed by atoms with Crippen molar-refractivity contribution in [3.63, 3.8) is 0 Å². The Hall–Kier alpha value is 1.24. The summed E-state index contributed by atoms with van der Waals surface area (Å²) in [4.78, 5) is 0. The van der Waals surface area contributed by atoms with Crippen molar-refractivity contribution >= 4 is 7.69 Å². The van der Waals surface area contributed by atoms with Crippen molar-refractivity contribution in [1.82, 2.24) is 0 Å². The van der Waals surface area contributed by atoms with Gasteiger partial charge in [0.25, 0.3) is 0 Å². The molecular weight excluding hydrogens is 155 g/mol. The normalized spacial score (nSPS) is 26.8. The van der Waals surface area contributed by atoms with E-state index in [2.05, 4.69) is 0 Å². The summed E-state index contributed by atoms with van der Waals surface area (Å²) in [5, 5.41) is 0. The molecule has 0 bridgehead atoms. The average Bonchev–Trinajstić information content (AvgIpc) is 1.81. The molecule has 0 aliphatic carbocycles. The van der Waals surface area contributed by atoms with Crippen LogP contribution in [-0.4, -0.2) is 18.9 Å². The van der Waals surface area contributed by atoms with Crippen LogP contribution < -0.4 is 0 Å². The summed E-state index contributed by atoms with van der Waals surface area (Å²) in [6.07, 6.45) is 0. The van der Waals surface area contributed by atoms with Crippen molar-refractivity contribution < 1.29 is 47.0 Å². The Morgan fingerprint density at radius 3 is 1.30 bits per heavy atom. The standard InChI is InChI=1S/C6H13BO2.Ar/c1-5(2)6(3,4)9-7-8-5;/h7H,1-4H3;. The summed E-state index contributed by atoms with van der Waals surface area (Å²) < 4.78 is 10.7. The van der Waals surface area contributed by atoms with E-state index in [1.54, 1.807) is 0 Å². The van der Waals surface area contributed by atoms with Gasteiger partial charge in [-0.1, -0.05) is 0 Å². The summed E-state index contributed by atoms with van der Waals surface area (Å²) in [6, 6.07) is 0. The van der Waals surface area contributed by atoms with Crippen molar-refractivity contribution in [3.8, 4) is 0 Å². The van der Waals surface area contributed by atoms with Gasteiger partial charge in [-0.2, -0.15) is 0 Å². The van der Waals surface area contributed by atoms with E-state index >= 15 is 0 Å². The van der Waals surface area contributed by atoms with Crippen LogP contribution in [0.4, 0.5) is 0 Å². The predicted octanol–water partition coefficient (Wildman–Crippen LogP) is 0.857. The molecule has 10 heavy (non-hydrogen) atoms. The zero-order valence-electron chi connectivity index (χ0n) is 6.88. The number of rotatable bonds is 0. The Balaban J connectivity index is 0.000000810. The maximum Gasteiger partial charge on any atom is 0.439 e. The molecule has 0 aromatic heterocycles. The molecule has 60 valence electrons. The van der Waals surface area contributed by atoms with Crippen LogP contribution in [-0.2, 0) is 9.31 Å². The van der Waals surface area contributed by atoms with E-state index in [1.165, 1.54) is 0 Å². The molecule has 2 nitrogen and oxygen atoms in total. The van der Waals surface area contributed by atoms with Crippen molar-refractivity contribution in [2.24, 2.45) is 0 Å². The Morgan fingerprint density at radius 2 is 1.20 bits per heavy atom. The van der Waals surface area contributed by atoms with Crippen LogP contribution >= 0.6 is 0 Å². The van der Waals surface area contributed by atoms with Gasteiger partial charge in [0.2, 0.25) is 0 Å². The molecule has 0 aromatic carbocycles. The van der Waals surface area contributed by atoms with Gasteiger partial charge in [-0.05, 0) is 27.7 Å². The van der Waals surface area contributed by atoms with Crippen LogP contribution in [0.25, 0.3) is 0 Å². The fourth-order valence-electron chi connectivity index (χ4n) is 0.672. The quantitative estimate of drug-likeness (QED) is 0.499. The van der Waals surface area contributed by atoms with Crippen LogP contribution in [0.15, 0.2) is 0 Å². The Bertz CT molecular complexity index is 111. The molecule has 0 radical (unpaired) electrons. The summed E-state index contributed by atoms with van der Waals surface area (Å²) in [5.74, 6) is 0. The molecule has 0 amide bonds. The maximum absolute atomic E-state index is 5.33. The first kappa shape index (κ1) is 11.2. The van der Waals surface area contributed by atoms with Gasteiger partial charge in [0.05, 0.1) is 11.2 Å². The van der Waals surface area contributed by atoms with E-state index in [0.29, 0.717) is 7.69 Å². The van der Waals surface area contributed by atoms with E-state index in [9.17, 15) is 0 Å². The van der Waals surface area contributed by atoms with Crippen molar-refractivity contribution in [3.05, 3.63) is 0 Å². The van der Waals surface area contributed by atoms with Crippen LogP contribution in [0.5, 0.6) is 0 Å². The fraction of sp³-hybridized carbons (Fsp3) is 1.00. The van der Waals surface area contributed by atoms with E-state index in [-0.39, 0.29) is 48.9 Å². The molecule has 1 saturated heterocycles. The third-order valence-corrected chi connectivity index (χ3v) is 2.29. The molecule has 1 aliphatic heterocycles. The first-order valence-corrected chi connectivity index (χ1v) is 3.24. The van der Waals surface area contributed by atoms with Crippen molar-refractivity contribution in [2.75, 3.05) is 0 Å². The molecular formula is C6H13ArBO2. The minimum Gasteiger partial charge on any atom is -0.406 e. The second-order valence-electron chi connectivity index (χ2n) is 3.43. The molecule has 1 heterocycles. The summed E-state index contributed by atoms with van der Waals surface area (Å²) in [5.41, 5.74) is -0.264. The van der Waals surface area contributed by atoms with Crippen LogP contribution in [0.1, 0.15) is 27.7 Å². The predicted molar refractivity (Wildman–Crippen MR) is 37.5 cm³/mol. The first-order valence-electron chi connectivity index (χ1n) is 3.24. The number of hydrogen-bond donors (Lipinski definition) is 0. The minimum absolute atomic E-state index is 0. The van der Waals surface area contributed by atoms with Gasteiger partial charge in [0.15, 0.2) is 0 Å². The molecule has 0 atom stereocenters. The van der Waals surface area contributed by atoms with Gasteiger partial charge in [0, 0.05) is 37.7 Å². The van der Waals surface area contributed by atoms with Gasteiger partial charge in [-0.15, -0.1) is 0 Å². The molecule has 4 heteroatoms. The van der Waals surface area contributed by atoms with Gasteiger partial charge < -0.3 is 9.31 Å². The molecule has 0 aromatic rings. The van der Waals surface area contributed by atoms with Crippen LogP contribution in [0.2, 0.25) is 0 Å². The molecule has 0 saturated carbocycles.